The van der Waals surface area contributed by atoms with Gasteiger partial charge in [-0.3, -0.25) is 4.98 Å². The Morgan fingerprint density at radius 3 is 2.86 bits per heavy atom. The van der Waals surface area contributed by atoms with Crippen molar-refractivity contribution < 1.29 is 9.90 Å². The Bertz CT molecular complexity index is 462. The number of aromatic carboxylic acids is 1. The molecule has 2 aromatic rings. The summed E-state index contributed by atoms with van der Waals surface area (Å²) in [5.41, 5.74) is 1.84. The first-order valence-electron chi connectivity index (χ1n) is 3.78. The molecule has 0 saturated carbocycles. The van der Waals surface area contributed by atoms with Gasteiger partial charge in [0.2, 0.25) is 0 Å². The SMILES string of the molecule is Cc1sc(-c2cncs2)nc1C(=O)O. The third-order valence-electron chi connectivity index (χ3n) is 1.64. The summed E-state index contributed by atoms with van der Waals surface area (Å²) in [7, 11) is 0. The van der Waals surface area contributed by atoms with Gasteiger partial charge in [-0.1, -0.05) is 0 Å². The number of hydrogen-bond donors (Lipinski definition) is 1. The molecule has 0 atom stereocenters. The molecule has 1 N–H and O–H groups in total. The summed E-state index contributed by atoms with van der Waals surface area (Å²) in [5, 5.41) is 9.53. The average Bonchev–Trinajstić information content (AvgIpc) is 2.70. The van der Waals surface area contributed by atoms with Gasteiger partial charge in [0.05, 0.1) is 10.4 Å². The summed E-state index contributed by atoms with van der Waals surface area (Å²) in [6, 6.07) is 0. The largest absolute Gasteiger partial charge is 0.476 e. The zero-order valence-corrected chi connectivity index (χ0v) is 8.85. The molecule has 2 rings (SSSR count). The molecule has 0 saturated heterocycles. The molecule has 6 heteroatoms. The minimum Gasteiger partial charge on any atom is -0.476 e. The van der Waals surface area contributed by atoms with E-state index in [-0.39, 0.29) is 5.69 Å². The molecule has 72 valence electrons. The second kappa shape index (κ2) is 3.47. The summed E-state index contributed by atoms with van der Waals surface area (Å²) in [6.07, 6.45) is 1.69. The van der Waals surface area contributed by atoms with E-state index in [0.29, 0.717) is 0 Å². The van der Waals surface area contributed by atoms with Crippen LogP contribution in [0.2, 0.25) is 0 Å². The third kappa shape index (κ3) is 1.53. The maximum atomic E-state index is 10.7. The van der Waals surface area contributed by atoms with E-state index >= 15 is 0 Å². The molecule has 4 nitrogen and oxygen atoms in total. The molecule has 2 heterocycles. The predicted octanol–water partition coefficient (Wildman–Crippen LogP) is 2.27. The molecule has 2 aromatic heterocycles. The van der Waals surface area contributed by atoms with Crippen molar-refractivity contribution >= 4 is 28.6 Å². The lowest BCUT2D eigenvalue weighted by Gasteiger charge is -1.85. The van der Waals surface area contributed by atoms with Crippen molar-refractivity contribution in [2.75, 3.05) is 0 Å². The number of carboxylic acid groups (broad SMARTS) is 1. The molecule has 0 aromatic carbocycles. The number of rotatable bonds is 2. The van der Waals surface area contributed by atoms with Crippen LogP contribution in [0.25, 0.3) is 9.88 Å². The monoisotopic (exact) mass is 226 g/mol. The number of aromatic nitrogens is 2. The van der Waals surface area contributed by atoms with E-state index in [1.54, 1.807) is 18.6 Å². The first-order valence-corrected chi connectivity index (χ1v) is 5.47. The fourth-order valence-electron chi connectivity index (χ4n) is 1.02. The molecular weight excluding hydrogens is 220 g/mol. The molecule has 0 aliphatic heterocycles. The number of thiazole rings is 2. The topological polar surface area (TPSA) is 63.1 Å². The molecule has 0 fully saturated rings. The van der Waals surface area contributed by atoms with E-state index in [0.717, 1.165) is 14.8 Å². The van der Waals surface area contributed by atoms with E-state index in [9.17, 15) is 4.79 Å². The van der Waals surface area contributed by atoms with Crippen molar-refractivity contribution in [2.24, 2.45) is 0 Å². The van der Waals surface area contributed by atoms with Crippen molar-refractivity contribution in [2.45, 2.75) is 6.92 Å². The molecule has 0 spiro atoms. The molecule has 0 aliphatic carbocycles. The van der Waals surface area contributed by atoms with Crippen LogP contribution >= 0.6 is 22.7 Å². The Labute approximate surface area is 87.9 Å². The lowest BCUT2D eigenvalue weighted by molar-refractivity contribution is 0.0690. The quantitative estimate of drug-likeness (QED) is 0.853. The minimum atomic E-state index is -0.977. The lowest BCUT2D eigenvalue weighted by Crippen LogP contribution is -1.98. The predicted molar refractivity (Wildman–Crippen MR) is 54.9 cm³/mol. The van der Waals surface area contributed by atoms with Gasteiger partial charge < -0.3 is 5.11 Å². The standard InChI is InChI=1S/C8H6N2O2S2/c1-4-6(8(11)12)10-7(14-4)5-2-9-3-13-5/h2-3H,1H3,(H,11,12). The number of hydrogen-bond acceptors (Lipinski definition) is 5. The van der Waals surface area contributed by atoms with Crippen LogP contribution in [0.4, 0.5) is 0 Å². The second-order valence-corrected chi connectivity index (χ2v) is 4.68. The zero-order valence-electron chi connectivity index (χ0n) is 7.22. The van der Waals surface area contributed by atoms with Crippen molar-refractivity contribution in [3.8, 4) is 9.88 Å². The van der Waals surface area contributed by atoms with Crippen LogP contribution in [0.15, 0.2) is 11.7 Å². The maximum absolute atomic E-state index is 10.7. The van der Waals surface area contributed by atoms with Gasteiger partial charge in [-0.25, -0.2) is 9.78 Å². The highest BCUT2D eigenvalue weighted by molar-refractivity contribution is 7.20. The number of nitrogens with zero attached hydrogens (tertiary/aromatic N) is 2. The van der Waals surface area contributed by atoms with Gasteiger partial charge in [-0.2, -0.15) is 0 Å². The van der Waals surface area contributed by atoms with Crippen molar-refractivity contribution in [1.29, 1.82) is 0 Å². The fraction of sp³-hybridized carbons (Fsp3) is 0.125. The van der Waals surface area contributed by atoms with Gasteiger partial charge in [-0.15, -0.1) is 22.7 Å². The Hall–Kier alpha value is -1.27. The molecular formula is C8H6N2O2S2. The fourth-order valence-corrected chi connectivity index (χ4v) is 2.60. The normalized spacial score (nSPS) is 10.4. The van der Waals surface area contributed by atoms with Crippen molar-refractivity contribution in [3.05, 3.63) is 22.3 Å². The van der Waals surface area contributed by atoms with Crippen LogP contribution in [0.5, 0.6) is 0 Å². The van der Waals surface area contributed by atoms with Gasteiger partial charge in [-0.05, 0) is 6.92 Å². The Balaban J connectivity index is 2.48. The molecule has 0 unspecified atom stereocenters. The summed E-state index contributed by atoms with van der Waals surface area (Å²) in [6.45, 7) is 1.76. The molecule has 0 aliphatic rings. The second-order valence-electron chi connectivity index (χ2n) is 2.59. The van der Waals surface area contributed by atoms with Gasteiger partial charge in [0.15, 0.2) is 5.69 Å². The van der Waals surface area contributed by atoms with Gasteiger partial charge in [0, 0.05) is 11.1 Å². The molecule has 0 amide bonds. The van der Waals surface area contributed by atoms with Crippen molar-refractivity contribution in [1.82, 2.24) is 9.97 Å². The molecule has 0 radical (unpaired) electrons. The molecule has 0 bridgehead atoms. The highest BCUT2D eigenvalue weighted by Gasteiger charge is 2.15. The van der Waals surface area contributed by atoms with Crippen LogP contribution in [0.1, 0.15) is 15.4 Å². The lowest BCUT2D eigenvalue weighted by atomic mass is 10.4. The summed E-state index contributed by atoms with van der Waals surface area (Å²) in [5.74, 6) is -0.977. The Morgan fingerprint density at radius 2 is 2.36 bits per heavy atom. The van der Waals surface area contributed by atoms with Gasteiger partial charge in [0.25, 0.3) is 0 Å². The van der Waals surface area contributed by atoms with E-state index in [2.05, 4.69) is 9.97 Å². The van der Waals surface area contributed by atoms with Crippen molar-refractivity contribution in [3.63, 3.8) is 0 Å². The Morgan fingerprint density at radius 1 is 1.57 bits per heavy atom. The number of carboxylic acids is 1. The van der Waals surface area contributed by atoms with E-state index in [1.165, 1.54) is 22.7 Å². The average molecular weight is 226 g/mol. The zero-order chi connectivity index (χ0) is 10.1. The summed E-state index contributed by atoms with van der Waals surface area (Å²) >= 11 is 2.83. The molecule has 14 heavy (non-hydrogen) atoms. The van der Waals surface area contributed by atoms with E-state index in [1.807, 2.05) is 0 Å². The highest BCUT2D eigenvalue weighted by atomic mass is 32.1. The van der Waals surface area contributed by atoms with Crippen LogP contribution in [0.3, 0.4) is 0 Å². The van der Waals surface area contributed by atoms with Gasteiger partial charge >= 0.3 is 5.97 Å². The van der Waals surface area contributed by atoms with Crippen LogP contribution in [-0.2, 0) is 0 Å². The smallest absolute Gasteiger partial charge is 0.355 e. The third-order valence-corrected chi connectivity index (χ3v) is 3.56. The number of aryl methyl sites for hydroxylation is 1. The Kier molecular flexibility index (Phi) is 2.30. The summed E-state index contributed by atoms with van der Waals surface area (Å²) in [4.78, 5) is 20.3. The highest BCUT2D eigenvalue weighted by Crippen LogP contribution is 2.29. The van der Waals surface area contributed by atoms with Crippen LogP contribution < -0.4 is 0 Å². The van der Waals surface area contributed by atoms with Crippen LogP contribution in [-0.4, -0.2) is 21.0 Å². The minimum absolute atomic E-state index is 0.137. The maximum Gasteiger partial charge on any atom is 0.355 e. The van der Waals surface area contributed by atoms with Gasteiger partial charge in [0.1, 0.15) is 5.01 Å². The van der Waals surface area contributed by atoms with E-state index < -0.39 is 5.97 Å². The first kappa shape index (κ1) is 9.29. The first-order chi connectivity index (χ1) is 6.68. The van der Waals surface area contributed by atoms with E-state index in [4.69, 9.17) is 5.11 Å². The number of carbonyl (C=O) groups is 1. The van der Waals surface area contributed by atoms with Crippen LogP contribution in [0, 0.1) is 6.92 Å². The summed E-state index contributed by atoms with van der Waals surface area (Å²) < 4.78 is 0.